The predicted octanol–water partition coefficient (Wildman–Crippen LogP) is 3.10. The van der Waals surface area contributed by atoms with E-state index in [0.29, 0.717) is 6.42 Å². The second kappa shape index (κ2) is 4.99. The third kappa shape index (κ3) is 2.56. The van der Waals surface area contributed by atoms with Crippen LogP contribution in [0, 0.1) is 0 Å². The van der Waals surface area contributed by atoms with Gasteiger partial charge in [-0.05, 0) is 42.2 Å². The lowest BCUT2D eigenvalue weighted by molar-refractivity contribution is -0.119. The molecular weight excluding hydrogens is 260 g/mol. The maximum Gasteiger partial charge on any atom is 0.225 e. The lowest BCUT2D eigenvalue weighted by atomic mass is 9.83. The fraction of sp³-hybridized carbons (Fsp3) is 0.333. The predicted molar refractivity (Wildman–Crippen MR) is 87.0 cm³/mol. The SMILES string of the molecule is CNC(=O)CC1=NC(C)(C)Cc2c1ccc1ccccc21. The number of fused-ring (bicyclic) bond motifs is 3. The number of hydrogen-bond donors (Lipinski definition) is 1. The van der Waals surface area contributed by atoms with E-state index in [1.807, 2.05) is 0 Å². The summed E-state index contributed by atoms with van der Waals surface area (Å²) in [5.41, 5.74) is 3.16. The molecule has 21 heavy (non-hydrogen) atoms. The van der Waals surface area contributed by atoms with Crippen molar-refractivity contribution < 1.29 is 4.79 Å². The first-order valence-corrected chi connectivity index (χ1v) is 7.30. The minimum atomic E-state index is -0.166. The lowest BCUT2D eigenvalue weighted by Gasteiger charge is -2.30. The van der Waals surface area contributed by atoms with E-state index < -0.39 is 0 Å². The summed E-state index contributed by atoms with van der Waals surface area (Å²) in [4.78, 5) is 16.6. The molecule has 0 bridgehead atoms. The van der Waals surface area contributed by atoms with Crippen LogP contribution in [0.4, 0.5) is 0 Å². The van der Waals surface area contributed by atoms with Crippen LogP contribution in [-0.2, 0) is 11.2 Å². The molecule has 1 N–H and O–H groups in total. The molecule has 0 atom stereocenters. The molecule has 0 spiro atoms. The number of benzene rings is 2. The average Bonchev–Trinajstić information content (AvgIpc) is 2.46. The van der Waals surface area contributed by atoms with Gasteiger partial charge in [-0.1, -0.05) is 36.4 Å². The van der Waals surface area contributed by atoms with Crippen molar-refractivity contribution in [3.8, 4) is 0 Å². The number of hydrogen-bond acceptors (Lipinski definition) is 2. The Morgan fingerprint density at radius 1 is 1.24 bits per heavy atom. The normalized spacial score (nSPS) is 16.2. The first-order valence-electron chi connectivity index (χ1n) is 7.30. The zero-order valence-corrected chi connectivity index (χ0v) is 12.7. The van der Waals surface area contributed by atoms with E-state index in [2.05, 4.69) is 55.6 Å². The van der Waals surface area contributed by atoms with Gasteiger partial charge in [0.1, 0.15) is 0 Å². The van der Waals surface area contributed by atoms with E-state index in [1.165, 1.54) is 16.3 Å². The Morgan fingerprint density at radius 2 is 2.00 bits per heavy atom. The van der Waals surface area contributed by atoms with Gasteiger partial charge >= 0.3 is 0 Å². The zero-order valence-electron chi connectivity index (χ0n) is 12.7. The third-order valence-electron chi connectivity index (χ3n) is 4.01. The summed E-state index contributed by atoms with van der Waals surface area (Å²) < 4.78 is 0. The summed E-state index contributed by atoms with van der Waals surface area (Å²) in [6.45, 7) is 4.25. The Balaban J connectivity index is 2.18. The smallest absolute Gasteiger partial charge is 0.225 e. The summed E-state index contributed by atoms with van der Waals surface area (Å²) in [6, 6.07) is 12.6. The molecule has 2 aromatic carbocycles. The standard InChI is InChI=1S/C18H20N2O/c1-18(2)11-15-13-7-5-4-6-12(13)8-9-14(15)16(20-18)10-17(21)19-3/h4-9H,10-11H2,1-3H3,(H,19,21). The Bertz CT molecular complexity index is 744. The van der Waals surface area contributed by atoms with Crippen molar-refractivity contribution in [3.05, 3.63) is 47.5 Å². The molecule has 0 saturated heterocycles. The summed E-state index contributed by atoms with van der Waals surface area (Å²) >= 11 is 0. The molecule has 0 radical (unpaired) electrons. The van der Waals surface area contributed by atoms with E-state index in [-0.39, 0.29) is 11.4 Å². The number of rotatable bonds is 2. The molecule has 1 amide bonds. The molecule has 1 aliphatic heterocycles. The van der Waals surface area contributed by atoms with Gasteiger partial charge in [0.2, 0.25) is 5.91 Å². The minimum absolute atomic E-state index is 0.00515. The number of amides is 1. The van der Waals surface area contributed by atoms with Crippen molar-refractivity contribution in [2.45, 2.75) is 32.2 Å². The second-order valence-electron chi connectivity index (χ2n) is 6.21. The maximum absolute atomic E-state index is 11.8. The summed E-state index contributed by atoms with van der Waals surface area (Å²) in [7, 11) is 1.66. The zero-order chi connectivity index (χ0) is 15.0. The van der Waals surface area contributed by atoms with Crippen LogP contribution in [0.25, 0.3) is 10.8 Å². The molecule has 0 unspecified atom stereocenters. The molecule has 0 aliphatic carbocycles. The van der Waals surface area contributed by atoms with Crippen LogP contribution in [-0.4, -0.2) is 24.2 Å². The van der Waals surface area contributed by atoms with Gasteiger partial charge in [-0.3, -0.25) is 9.79 Å². The Kier molecular flexibility index (Phi) is 3.28. The number of nitrogens with one attached hydrogen (secondary N) is 1. The van der Waals surface area contributed by atoms with Gasteiger partial charge in [0.05, 0.1) is 17.7 Å². The van der Waals surface area contributed by atoms with Gasteiger partial charge in [0.25, 0.3) is 0 Å². The highest BCUT2D eigenvalue weighted by atomic mass is 16.1. The van der Waals surface area contributed by atoms with Gasteiger partial charge in [0.15, 0.2) is 0 Å². The Labute approximate surface area is 125 Å². The highest BCUT2D eigenvalue weighted by Gasteiger charge is 2.28. The van der Waals surface area contributed by atoms with Crippen LogP contribution in [0.5, 0.6) is 0 Å². The van der Waals surface area contributed by atoms with Crippen LogP contribution >= 0.6 is 0 Å². The van der Waals surface area contributed by atoms with E-state index in [9.17, 15) is 4.79 Å². The first kappa shape index (κ1) is 13.8. The molecule has 1 aliphatic rings. The largest absolute Gasteiger partial charge is 0.359 e. The van der Waals surface area contributed by atoms with Crippen molar-refractivity contribution in [3.63, 3.8) is 0 Å². The molecule has 2 aromatic rings. The van der Waals surface area contributed by atoms with E-state index in [0.717, 1.165) is 17.7 Å². The van der Waals surface area contributed by atoms with Gasteiger partial charge in [-0.15, -0.1) is 0 Å². The molecule has 0 fully saturated rings. The quantitative estimate of drug-likeness (QED) is 0.902. The Morgan fingerprint density at radius 3 is 2.76 bits per heavy atom. The van der Waals surface area contributed by atoms with Gasteiger partial charge in [0, 0.05) is 7.05 Å². The highest BCUT2D eigenvalue weighted by Crippen LogP contribution is 2.33. The number of carbonyl (C=O) groups excluding carboxylic acids is 1. The summed E-state index contributed by atoms with van der Waals surface area (Å²) in [5.74, 6) is 0.00515. The molecule has 3 nitrogen and oxygen atoms in total. The first-order chi connectivity index (χ1) is 10.00. The molecule has 0 aromatic heterocycles. The fourth-order valence-electron chi connectivity index (χ4n) is 3.07. The monoisotopic (exact) mass is 280 g/mol. The van der Waals surface area contributed by atoms with E-state index in [1.54, 1.807) is 7.05 Å². The van der Waals surface area contributed by atoms with Gasteiger partial charge < -0.3 is 5.32 Å². The van der Waals surface area contributed by atoms with E-state index >= 15 is 0 Å². The van der Waals surface area contributed by atoms with Crippen molar-refractivity contribution in [1.29, 1.82) is 0 Å². The lowest BCUT2D eigenvalue weighted by Crippen LogP contribution is -2.32. The molecule has 1 heterocycles. The molecular formula is C18H20N2O. The number of carbonyl (C=O) groups is 1. The van der Waals surface area contributed by atoms with Crippen LogP contribution in [0.3, 0.4) is 0 Å². The summed E-state index contributed by atoms with van der Waals surface area (Å²) in [5, 5.41) is 5.20. The minimum Gasteiger partial charge on any atom is -0.359 e. The topological polar surface area (TPSA) is 41.5 Å². The van der Waals surface area contributed by atoms with E-state index in [4.69, 9.17) is 4.99 Å². The third-order valence-corrected chi connectivity index (χ3v) is 4.01. The fourth-order valence-corrected chi connectivity index (χ4v) is 3.07. The Hall–Kier alpha value is -2.16. The van der Waals surface area contributed by atoms with Crippen molar-refractivity contribution in [2.24, 2.45) is 4.99 Å². The number of aliphatic imine (C=N–C) groups is 1. The number of nitrogens with zero attached hydrogens (tertiary/aromatic N) is 1. The highest BCUT2D eigenvalue weighted by molar-refractivity contribution is 6.14. The van der Waals surface area contributed by atoms with Gasteiger partial charge in [-0.2, -0.15) is 0 Å². The maximum atomic E-state index is 11.8. The van der Waals surface area contributed by atoms with Crippen molar-refractivity contribution in [1.82, 2.24) is 5.32 Å². The van der Waals surface area contributed by atoms with Gasteiger partial charge in [-0.25, -0.2) is 0 Å². The van der Waals surface area contributed by atoms with Crippen LogP contribution < -0.4 is 5.32 Å². The summed E-state index contributed by atoms with van der Waals surface area (Å²) in [6.07, 6.45) is 1.24. The van der Waals surface area contributed by atoms with Crippen molar-refractivity contribution >= 4 is 22.4 Å². The average molecular weight is 280 g/mol. The molecule has 0 saturated carbocycles. The van der Waals surface area contributed by atoms with Crippen LogP contribution in [0.2, 0.25) is 0 Å². The molecule has 108 valence electrons. The van der Waals surface area contributed by atoms with Crippen LogP contribution in [0.1, 0.15) is 31.4 Å². The second-order valence-corrected chi connectivity index (χ2v) is 6.21. The molecule has 3 heteroatoms. The van der Waals surface area contributed by atoms with Crippen molar-refractivity contribution in [2.75, 3.05) is 7.05 Å². The molecule has 3 rings (SSSR count). The van der Waals surface area contributed by atoms with Crippen LogP contribution in [0.15, 0.2) is 41.4 Å².